The zero-order valence-corrected chi connectivity index (χ0v) is 12.4. The summed E-state index contributed by atoms with van der Waals surface area (Å²) in [6, 6.07) is 14.4. The molecule has 0 aliphatic rings. The SMILES string of the molecule is Cc1ccc(CCNC(=O)Nc2ccccc2C(N)=O)cc1. The highest BCUT2D eigenvalue weighted by molar-refractivity contribution is 6.02. The molecule has 2 aromatic carbocycles. The molecule has 2 rings (SSSR count). The van der Waals surface area contributed by atoms with E-state index < -0.39 is 5.91 Å². The van der Waals surface area contributed by atoms with Crippen LogP contribution in [0.1, 0.15) is 21.5 Å². The average Bonchev–Trinajstić information content (AvgIpc) is 2.49. The second kappa shape index (κ2) is 7.26. The molecule has 4 N–H and O–H groups in total. The zero-order chi connectivity index (χ0) is 15.9. The van der Waals surface area contributed by atoms with Gasteiger partial charge in [0.2, 0.25) is 0 Å². The number of benzene rings is 2. The quantitative estimate of drug-likeness (QED) is 0.792. The fourth-order valence-corrected chi connectivity index (χ4v) is 2.05. The van der Waals surface area contributed by atoms with Crippen LogP contribution in [-0.4, -0.2) is 18.5 Å². The van der Waals surface area contributed by atoms with Crippen LogP contribution in [0, 0.1) is 6.92 Å². The van der Waals surface area contributed by atoms with E-state index in [0.29, 0.717) is 12.2 Å². The highest BCUT2D eigenvalue weighted by Crippen LogP contribution is 2.13. The number of nitrogens with two attached hydrogens (primary N) is 1. The van der Waals surface area contributed by atoms with Crippen LogP contribution < -0.4 is 16.4 Å². The van der Waals surface area contributed by atoms with Crippen LogP contribution in [0.15, 0.2) is 48.5 Å². The van der Waals surface area contributed by atoms with E-state index in [1.165, 1.54) is 5.56 Å². The first-order valence-corrected chi connectivity index (χ1v) is 7.05. The number of hydrogen-bond donors (Lipinski definition) is 3. The van der Waals surface area contributed by atoms with Crippen molar-refractivity contribution in [2.24, 2.45) is 5.73 Å². The molecule has 0 saturated carbocycles. The normalized spacial score (nSPS) is 10.0. The summed E-state index contributed by atoms with van der Waals surface area (Å²) in [4.78, 5) is 23.1. The number of rotatable bonds is 5. The Morgan fingerprint density at radius 2 is 1.73 bits per heavy atom. The first kappa shape index (κ1) is 15.6. The van der Waals surface area contributed by atoms with Gasteiger partial charge in [0.15, 0.2) is 0 Å². The summed E-state index contributed by atoms with van der Waals surface area (Å²) in [6.07, 6.45) is 0.741. The predicted molar refractivity (Wildman–Crippen MR) is 86.9 cm³/mol. The Morgan fingerprint density at radius 3 is 2.41 bits per heavy atom. The minimum absolute atomic E-state index is 0.288. The molecule has 22 heavy (non-hydrogen) atoms. The molecule has 2 aromatic rings. The lowest BCUT2D eigenvalue weighted by Gasteiger charge is -2.10. The summed E-state index contributed by atoms with van der Waals surface area (Å²) in [7, 11) is 0. The van der Waals surface area contributed by atoms with Crippen molar-refractivity contribution in [1.82, 2.24) is 5.32 Å². The van der Waals surface area contributed by atoms with Gasteiger partial charge in [-0.2, -0.15) is 0 Å². The zero-order valence-electron chi connectivity index (χ0n) is 12.4. The Bertz CT molecular complexity index is 666. The van der Waals surface area contributed by atoms with E-state index in [1.807, 2.05) is 31.2 Å². The third kappa shape index (κ3) is 4.34. The maximum absolute atomic E-state index is 11.9. The molecule has 0 saturated heterocycles. The molecular weight excluding hydrogens is 278 g/mol. The third-order valence-electron chi connectivity index (χ3n) is 3.26. The summed E-state index contributed by atoms with van der Waals surface area (Å²) in [5.74, 6) is -0.574. The van der Waals surface area contributed by atoms with Crippen LogP contribution in [0.2, 0.25) is 0 Å². The van der Waals surface area contributed by atoms with Crippen LogP contribution in [0.4, 0.5) is 10.5 Å². The maximum atomic E-state index is 11.9. The number of carbonyl (C=O) groups is 2. The minimum atomic E-state index is -0.574. The monoisotopic (exact) mass is 297 g/mol. The van der Waals surface area contributed by atoms with Gasteiger partial charge in [-0.1, -0.05) is 42.0 Å². The van der Waals surface area contributed by atoms with Crippen molar-refractivity contribution < 1.29 is 9.59 Å². The number of anilines is 1. The first-order valence-electron chi connectivity index (χ1n) is 7.05. The predicted octanol–water partition coefficient (Wildman–Crippen LogP) is 2.46. The molecule has 0 spiro atoms. The van der Waals surface area contributed by atoms with Crippen LogP contribution in [0.25, 0.3) is 0 Å². The minimum Gasteiger partial charge on any atom is -0.366 e. The fourth-order valence-electron chi connectivity index (χ4n) is 2.05. The molecule has 114 valence electrons. The van der Waals surface area contributed by atoms with Gasteiger partial charge in [0.25, 0.3) is 5.91 Å². The lowest BCUT2D eigenvalue weighted by Crippen LogP contribution is -2.31. The standard InChI is InChI=1S/C17H19N3O2/c1-12-6-8-13(9-7-12)10-11-19-17(22)20-15-5-3-2-4-14(15)16(18)21/h2-9H,10-11H2,1H3,(H2,18,21)(H2,19,20,22). The summed E-state index contributed by atoms with van der Waals surface area (Å²) in [6.45, 7) is 2.54. The molecule has 0 aliphatic heterocycles. The van der Waals surface area contributed by atoms with E-state index in [4.69, 9.17) is 5.73 Å². The number of hydrogen-bond acceptors (Lipinski definition) is 2. The van der Waals surface area contributed by atoms with Crippen molar-refractivity contribution in [2.45, 2.75) is 13.3 Å². The van der Waals surface area contributed by atoms with Gasteiger partial charge in [-0.25, -0.2) is 4.79 Å². The second-order valence-corrected chi connectivity index (χ2v) is 5.03. The smallest absolute Gasteiger partial charge is 0.319 e. The number of primary amides is 1. The number of aryl methyl sites for hydroxylation is 1. The highest BCUT2D eigenvalue weighted by Gasteiger charge is 2.09. The first-order chi connectivity index (χ1) is 10.6. The largest absolute Gasteiger partial charge is 0.366 e. The maximum Gasteiger partial charge on any atom is 0.319 e. The van der Waals surface area contributed by atoms with Crippen molar-refractivity contribution in [3.8, 4) is 0 Å². The van der Waals surface area contributed by atoms with E-state index in [9.17, 15) is 9.59 Å². The Morgan fingerprint density at radius 1 is 1.05 bits per heavy atom. The van der Waals surface area contributed by atoms with E-state index in [-0.39, 0.29) is 11.6 Å². The van der Waals surface area contributed by atoms with Gasteiger partial charge in [0.05, 0.1) is 11.3 Å². The highest BCUT2D eigenvalue weighted by atomic mass is 16.2. The molecule has 5 nitrogen and oxygen atoms in total. The molecule has 3 amide bonds. The van der Waals surface area contributed by atoms with Crippen LogP contribution in [0.5, 0.6) is 0 Å². The van der Waals surface area contributed by atoms with Gasteiger partial charge in [-0.05, 0) is 31.0 Å². The van der Waals surface area contributed by atoms with Gasteiger partial charge in [0, 0.05) is 6.54 Å². The van der Waals surface area contributed by atoms with E-state index in [0.717, 1.165) is 12.0 Å². The molecule has 0 radical (unpaired) electrons. The number of para-hydroxylation sites is 1. The lowest BCUT2D eigenvalue weighted by atomic mass is 10.1. The summed E-state index contributed by atoms with van der Waals surface area (Å²) in [5, 5.41) is 5.39. The van der Waals surface area contributed by atoms with Crippen molar-refractivity contribution in [3.05, 3.63) is 65.2 Å². The lowest BCUT2D eigenvalue weighted by molar-refractivity contribution is 0.100. The molecule has 0 heterocycles. The summed E-state index contributed by atoms with van der Waals surface area (Å²) >= 11 is 0. The van der Waals surface area contributed by atoms with Crippen molar-refractivity contribution in [3.63, 3.8) is 0 Å². The van der Waals surface area contributed by atoms with Crippen LogP contribution in [-0.2, 0) is 6.42 Å². The fraction of sp³-hybridized carbons (Fsp3) is 0.176. The number of amides is 3. The summed E-state index contributed by atoms with van der Waals surface area (Å²) in [5.41, 5.74) is 8.32. The number of nitrogens with one attached hydrogen (secondary N) is 2. The second-order valence-electron chi connectivity index (χ2n) is 5.03. The molecule has 0 unspecified atom stereocenters. The molecule has 0 fully saturated rings. The molecule has 0 bridgehead atoms. The molecule has 5 heteroatoms. The van der Waals surface area contributed by atoms with Gasteiger partial charge in [0.1, 0.15) is 0 Å². The third-order valence-corrected chi connectivity index (χ3v) is 3.26. The molecule has 0 aromatic heterocycles. The Kier molecular flexibility index (Phi) is 5.14. The van der Waals surface area contributed by atoms with Crippen molar-refractivity contribution in [2.75, 3.05) is 11.9 Å². The average molecular weight is 297 g/mol. The van der Waals surface area contributed by atoms with Gasteiger partial charge < -0.3 is 16.4 Å². The van der Waals surface area contributed by atoms with Crippen molar-refractivity contribution >= 4 is 17.6 Å². The molecule has 0 aliphatic carbocycles. The van der Waals surface area contributed by atoms with E-state index >= 15 is 0 Å². The Hall–Kier alpha value is -2.82. The number of carbonyl (C=O) groups excluding carboxylic acids is 2. The Labute approximate surface area is 129 Å². The van der Waals surface area contributed by atoms with Gasteiger partial charge in [-0.15, -0.1) is 0 Å². The van der Waals surface area contributed by atoms with E-state index in [2.05, 4.69) is 10.6 Å². The topological polar surface area (TPSA) is 84.2 Å². The summed E-state index contributed by atoms with van der Waals surface area (Å²) < 4.78 is 0. The number of urea groups is 1. The van der Waals surface area contributed by atoms with Crippen LogP contribution in [0.3, 0.4) is 0 Å². The van der Waals surface area contributed by atoms with Crippen LogP contribution >= 0.6 is 0 Å². The van der Waals surface area contributed by atoms with Gasteiger partial charge in [-0.3, -0.25) is 4.79 Å². The molecule has 0 atom stereocenters. The van der Waals surface area contributed by atoms with E-state index in [1.54, 1.807) is 24.3 Å². The molecular formula is C17H19N3O2. The Balaban J connectivity index is 1.86. The van der Waals surface area contributed by atoms with Crippen molar-refractivity contribution in [1.29, 1.82) is 0 Å². The van der Waals surface area contributed by atoms with Gasteiger partial charge >= 0.3 is 6.03 Å².